The number of carbonyl (C=O) groups is 1. The van der Waals surface area contributed by atoms with Crippen LogP contribution >= 0.6 is 11.3 Å². The number of para-hydroxylation sites is 1. The summed E-state index contributed by atoms with van der Waals surface area (Å²) in [6, 6.07) is 8.70. The first kappa shape index (κ1) is 12.6. The number of carboxylic acids is 1. The second kappa shape index (κ2) is 4.90. The van der Waals surface area contributed by atoms with Crippen LogP contribution in [0.25, 0.3) is 10.9 Å². The summed E-state index contributed by atoms with van der Waals surface area (Å²) in [5, 5.41) is 15.6. The van der Waals surface area contributed by atoms with Gasteiger partial charge in [0.05, 0.1) is 16.8 Å². The first-order valence-corrected chi connectivity index (χ1v) is 6.84. The predicted molar refractivity (Wildman–Crippen MR) is 78.8 cm³/mol. The van der Waals surface area contributed by atoms with E-state index in [9.17, 15) is 9.90 Å². The van der Waals surface area contributed by atoms with Crippen LogP contribution in [0, 0.1) is 6.92 Å². The van der Waals surface area contributed by atoms with Gasteiger partial charge in [-0.25, -0.2) is 14.8 Å². The van der Waals surface area contributed by atoms with Crippen molar-refractivity contribution in [2.45, 2.75) is 6.92 Å². The fraction of sp³-hybridized carbons (Fsp3) is 0.0714. The average Bonchev–Trinajstić information content (AvgIpc) is 2.83. The molecule has 0 aliphatic carbocycles. The fourth-order valence-corrected chi connectivity index (χ4v) is 2.63. The number of hydrogen-bond donors (Lipinski definition) is 2. The van der Waals surface area contributed by atoms with Crippen LogP contribution in [0.1, 0.15) is 16.1 Å². The van der Waals surface area contributed by atoms with Crippen molar-refractivity contribution in [2.24, 2.45) is 0 Å². The molecule has 2 aromatic heterocycles. The summed E-state index contributed by atoms with van der Waals surface area (Å²) in [6.07, 6.45) is 0. The highest BCUT2D eigenvalue weighted by Crippen LogP contribution is 2.24. The van der Waals surface area contributed by atoms with Crippen LogP contribution in [0.4, 0.5) is 10.9 Å². The molecular weight excluding hydrogens is 274 g/mol. The smallest absolute Gasteiger partial charge is 0.336 e. The molecule has 0 fully saturated rings. The summed E-state index contributed by atoms with van der Waals surface area (Å²) in [5.41, 5.74) is 1.78. The summed E-state index contributed by atoms with van der Waals surface area (Å²) >= 11 is 1.45. The van der Waals surface area contributed by atoms with Gasteiger partial charge in [0.1, 0.15) is 5.82 Å². The summed E-state index contributed by atoms with van der Waals surface area (Å²) in [5.74, 6) is -0.489. The third-order valence-electron chi connectivity index (χ3n) is 2.80. The zero-order valence-electron chi connectivity index (χ0n) is 10.6. The van der Waals surface area contributed by atoms with Crippen molar-refractivity contribution in [1.82, 2.24) is 9.97 Å². The summed E-state index contributed by atoms with van der Waals surface area (Å²) in [7, 11) is 0. The number of aromatic nitrogens is 2. The Labute approximate surface area is 118 Å². The van der Waals surface area contributed by atoms with Gasteiger partial charge in [-0.15, -0.1) is 11.3 Å². The number of aromatic carboxylic acids is 1. The van der Waals surface area contributed by atoms with E-state index in [-0.39, 0.29) is 5.56 Å². The molecule has 6 heteroatoms. The van der Waals surface area contributed by atoms with Gasteiger partial charge in [0.2, 0.25) is 0 Å². The molecule has 0 spiro atoms. The van der Waals surface area contributed by atoms with E-state index in [1.54, 1.807) is 18.2 Å². The maximum atomic E-state index is 11.4. The van der Waals surface area contributed by atoms with Gasteiger partial charge in [-0.05, 0) is 19.1 Å². The van der Waals surface area contributed by atoms with Gasteiger partial charge in [0.25, 0.3) is 0 Å². The molecule has 2 heterocycles. The highest BCUT2D eigenvalue weighted by molar-refractivity contribution is 7.13. The Morgan fingerprint density at radius 1 is 1.30 bits per heavy atom. The monoisotopic (exact) mass is 285 g/mol. The van der Waals surface area contributed by atoms with Gasteiger partial charge < -0.3 is 10.4 Å². The topological polar surface area (TPSA) is 75.1 Å². The fourth-order valence-electron chi connectivity index (χ4n) is 1.94. The lowest BCUT2D eigenvalue weighted by atomic mass is 10.1. The van der Waals surface area contributed by atoms with Crippen molar-refractivity contribution in [2.75, 3.05) is 5.32 Å². The third-order valence-corrected chi connectivity index (χ3v) is 3.68. The number of benzene rings is 1. The van der Waals surface area contributed by atoms with Crippen LogP contribution in [0.5, 0.6) is 0 Å². The normalized spacial score (nSPS) is 10.7. The SMILES string of the molecule is Cc1csc(Nc2cc(C(=O)O)c3ccccc3n2)n1. The van der Waals surface area contributed by atoms with E-state index in [0.717, 1.165) is 5.69 Å². The van der Waals surface area contributed by atoms with Crippen molar-refractivity contribution < 1.29 is 9.90 Å². The number of thiazole rings is 1. The van der Waals surface area contributed by atoms with Crippen LogP contribution in [-0.2, 0) is 0 Å². The molecule has 5 nitrogen and oxygen atoms in total. The highest BCUT2D eigenvalue weighted by Gasteiger charge is 2.12. The summed E-state index contributed by atoms with van der Waals surface area (Å²) in [4.78, 5) is 20.1. The second-order valence-corrected chi connectivity index (χ2v) is 5.15. The number of aryl methyl sites for hydroxylation is 1. The van der Waals surface area contributed by atoms with Crippen LogP contribution in [0.2, 0.25) is 0 Å². The van der Waals surface area contributed by atoms with Crippen LogP contribution in [0.3, 0.4) is 0 Å². The predicted octanol–water partition coefficient (Wildman–Crippen LogP) is 3.44. The highest BCUT2D eigenvalue weighted by atomic mass is 32.1. The van der Waals surface area contributed by atoms with E-state index in [4.69, 9.17) is 0 Å². The first-order valence-electron chi connectivity index (χ1n) is 5.96. The largest absolute Gasteiger partial charge is 0.478 e. The minimum Gasteiger partial charge on any atom is -0.478 e. The molecule has 0 amide bonds. The lowest BCUT2D eigenvalue weighted by molar-refractivity contribution is 0.0699. The number of fused-ring (bicyclic) bond motifs is 1. The van der Waals surface area contributed by atoms with E-state index < -0.39 is 5.97 Å². The molecule has 0 bridgehead atoms. The quantitative estimate of drug-likeness (QED) is 0.771. The van der Waals surface area contributed by atoms with Crippen molar-refractivity contribution in [3.8, 4) is 0 Å². The molecule has 1 aromatic carbocycles. The third kappa shape index (κ3) is 2.33. The molecule has 0 radical (unpaired) electrons. The lowest BCUT2D eigenvalue weighted by Crippen LogP contribution is -2.02. The number of carboxylic acid groups (broad SMARTS) is 1. The Bertz CT molecular complexity index is 798. The van der Waals surface area contributed by atoms with E-state index in [1.807, 2.05) is 18.4 Å². The maximum Gasteiger partial charge on any atom is 0.336 e. The lowest BCUT2D eigenvalue weighted by Gasteiger charge is -2.07. The Kier molecular flexibility index (Phi) is 3.08. The van der Waals surface area contributed by atoms with E-state index in [2.05, 4.69) is 15.3 Å². The minimum atomic E-state index is -0.970. The van der Waals surface area contributed by atoms with Crippen molar-refractivity contribution in [3.05, 3.63) is 47.0 Å². The van der Waals surface area contributed by atoms with Gasteiger partial charge in [-0.3, -0.25) is 0 Å². The van der Waals surface area contributed by atoms with Gasteiger partial charge in [-0.2, -0.15) is 0 Å². The number of pyridine rings is 1. The number of rotatable bonds is 3. The Morgan fingerprint density at radius 2 is 2.10 bits per heavy atom. The van der Waals surface area contributed by atoms with Crippen molar-refractivity contribution in [1.29, 1.82) is 0 Å². The van der Waals surface area contributed by atoms with Crippen LogP contribution in [0.15, 0.2) is 35.7 Å². The number of nitrogens with one attached hydrogen (secondary N) is 1. The number of hydrogen-bond acceptors (Lipinski definition) is 5. The summed E-state index contributed by atoms with van der Waals surface area (Å²) < 4.78 is 0. The standard InChI is InChI=1S/C14H11N3O2S/c1-8-7-20-14(15-8)17-12-6-10(13(18)19)9-4-2-3-5-11(9)16-12/h2-7H,1H3,(H,18,19)(H,15,16,17). The molecule has 0 saturated heterocycles. The van der Waals surface area contributed by atoms with E-state index >= 15 is 0 Å². The zero-order valence-corrected chi connectivity index (χ0v) is 11.4. The number of nitrogens with zero attached hydrogens (tertiary/aromatic N) is 2. The molecule has 0 unspecified atom stereocenters. The molecular formula is C14H11N3O2S. The zero-order chi connectivity index (χ0) is 14.1. The van der Waals surface area contributed by atoms with Crippen molar-refractivity contribution in [3.63, 3.8) is 0 Å². The summed E-state index contributed by atoms with van der Waals surface area (Å²) in [6.45, 7) is 1.90. The van der Waals surface area contributed by atoms with Crippen LogP contribution < -0.4 is 5.32 Å². The molecule has 0 atom stereocenters. The second-order valence-electron chi connectivity index (χ2n) is 4.30. The molecule has 0 aliphatic heterocycles. The molecule has 0 aliphatic rings. The average molecular weight is 285 g/mol. The Hall–Kier alpha value is -2.47. The van der Waals surface area contributed by atoms with Gasteiger partial charge in [0.15, 0.2) is 5.13 Å². The number of anilines is 2. The maximum absolute atomic E-state index is 11.4. The molecule has 3 rings (SSSR count). The van der Waals surface area contributed by atoms with Crippen molar-refractivity contribution >= 4 is 39.2 Å². The van der Waals surface area contributed by atoms with E-state index in [1.165, 1.54) is 17.4 Å². The molecule has 100 valence electrons. The van der Waals surface area contributed by atoms with Crippen LogP contribution in [-0.4, -0.2) is 21.0 Å². The minimum absolute atomic E-state index is 0.228. The van der Waals surface area contributed by atoms with E-state index in [0.29, 0.717) is 21.9 Å². The first-order chi connectivity index (χ1) is 9.63. The van der Waals surface area contributed by atoms with Gasteiger partial charge in [-0.1, -0.05) is 18.2 Å². The van der Waals surface area contributed by atoms with Gasteiger partial charge >= 0.3 is 5.97 Å². The van der Waals surface area contributed by atoms with Gasteiger partial charge in [0, 0.05) is 10.8 Å². The molecule has 20 heavy (non-hydrogen) atoms. The Morgan fingerprint density at radius 3 is 2.80 bits per heavy atom. The molecule has 2 N–H and O–H groups in total. The molecule has 0 saturated carbocycles. The molecule has 3 aromatic rings. The Balaban J connectivity index is 2.10.